The topological polar surface area (TPSA) is 210 Å². The Bertz CT molecular complexity index is 1340. The van der Waals surface area contributed by atoms with Crippen molar-refractivity contribution in [1.29, 1.82) is 0 Å². The van der Waals surface area contributed by atoms with Gasteiger partial charge >= 0.3 is 17.9 Å². The second-order valence-electron chi connectivity index (χ2n) is 11.7. The van der Waals surface area contributed by atoms with Crippen molar-refractivity contribution in [3.05, 3.63) is 47.4 Å². The number of benzene rings is 1. The lowest BCUT2D eigenvalue weighted by Gasteiger charge is -2.27. The van der Waals surface area contributed by atoms with E-state index >= 15 is 0 Å². The van der Waals surface area contributed by atoms with Gasteiger partial charge in [0.05, 0.1) is 30.8 Å². The van der Waals surface area contributed by atoms with Crippen LogP contribution >= 0.6 is 0 Å². The number of amides is 2. The van der Waals surface area contributed by atoms with Crippen molar-refractivity contribution in [1.82, 2.24) is 10.6 Å². The molecule has 46 heavy (non-hydrogen) atoms. The molecule has 0 saturated heterocycles. The number of hydrogen-bond acceptors (Lipinski definition) is 9. The van der Waals surface area contributed by atoms with Crippen LogP contribution in [0.2, 0.25) is 0 Å². The Morgan fingerprint density at radius 3 is 2.00 bits per heavy atom. The Kier molecular flexibility index (Phi) is 16.9. The van der Waals surface area contributed by atoms with E-state index in [4.69, 9.17) is 4.74 Å². The van der Waals surface area contributed by atoms with Gasteiger partial charge in [-0.25, -0.2) is 8.42 Å². The van der Waals surface area contributed by atoms with Gasteiger partial charge in [0, 0.05) is 30.4 Å². The van der Waals surface area contributed by atoms with Crippen LogP contribution in [0.1, 0.15) is 71.8 Å². The lowest BCUT2D eigenvalue weighted by atomic mass is 9.84. The molecular weight excluding hydrogens is 620 g/mol. The molecule has 0 heterocycles. The van der Waals surface area contributed by atoms with Crippen molar-refractivity contribution >= 4 is 45.3 Å². The maximum Gasteiger partial charge on any atom is 0.306 e. The number of carboxylic acid groups (broad SMARTS) is 2. The zero-order chi connectivity index (χ0) is 35.0. The van der Waals surface area contributed by atoms with Crippen LogP contribution in [0.5, 0.6) is 0 Å². The summed E-state index contributed by atoms with van der Waals surface area (Å²) >= 11 is 0. The third kappa shape index (κ3) is 15.8. The summed E-state index contributed by atoms with van der Waals surface area (Å²) < 4.78 is 28.4. The monoisotopic (exact) mass is 666 g/mol. The maximum atomic E-state index is 13.6. The van der Waals surface area contributed by atoms with E-state index in [0.29, 0.717) is 6.42 Å². The number of carbonyl (C=O) groups excluding carboxylic acids is 4. The Hall–Kier alpha value is -4.07. The molecule has 0 aliphatic heterocycles. The Labute approximate surface area is 270 Å². The molecular formula is C32H46N2O11S. The summed E-state index contributed by atoms with van der Waals surface area (Å²) in [6.45, 7) is 6.94. The lowest BCUT2D eigenvalue weighted by Crippen LogP contribution is -2.47. The van der Waals surface area contributed by atoms with E-state index in [-0.39, 0.29) is 25.4 Å². The highest BCUT2D eigenvalue weighted by atomic mass is 32.2. The van der Waals surface area contributed by atoms with Gasteiger partial charge in [-0.1, -0.05) is 70.5 Å². The molecule has 0 bridgehead atoms. The molecule has 1 rings (SSSR count). The van der Waals surface area contributed by atoms with E-state index in [1.807, 2.05) is 6.07 Å². The van der Waals surface area contributed by atoms with Crippen LogP contribution in [0, 0.1) is 23.7 Å². The first-order valence-corrected chi connectivity index (χ1v) is 17.0. The fourth-order valence-corrected chi connectivity index (χ4v) is 5.02. The average Bonchev–Trinajstić information content (AvgIpc) is 2.97. The molecule has 5 atom stereocenters. The fourth-order valence-electron chi connectivity index (χ4n) is 4.55. The van der Waals surface area contributed by atoms with Crippen LogP contribution in [-0.4, -0.2) is 72.5 Å². The van der Waals surface area contributed by atoms with Crippen LogP contribution in [0.4, 0.5) is 0 Å². The number of carboxylic acids is 2. The first kappa shape index (κ1) is 40.0. The summed E-state index contributed by atoms with van der Waals surface area (Å²) in [6, 6.07) is 6.50. The molecule has 0 aliphatic carbocycles. The van der Waals surface area contributed by atoms with Crippen LogP contribution in [0.15, 0.2) is 41.8 Å². The standard InChI is InChI=1S/C32H46N2O11S/c1-6-21(4)25(32(42)33-23(16-29(38)39)14-15-46(5,43)44)17-27(35)26(12-13-28(36)37)34-31(41)24(20(2)3)18-30(40)45-19-22-10-8-7-9-11-22/h7-11,14-15,20-21,23-26H,6,12-13,16-19H2,1-5H3,(H,33,42)(H,34,41)(H,36,37)(H,38,39)/b15-14+/t21?,23-,24+,25+,26+/m1/s1. The largest absolute Gasteiger partial charge is 0.481 e. The lowest BCUT2D eigenvalue weighted by molar-refractivity contribution is -0.149. The SMILES string of the molecule is CCC(C)[C@H](CC(=O)[C@H](CCC(=O)O)NC(=O)[C@@H](CC(=O)OCc1ccccc1)C(C)C)C(=O)N[C@H](/C=C/S(C)(=O)=O)CC(=O)O. The number of ketones is 1. The fraction of sp³-hybridized carbons (Fsp3) is 0.562. The summed E-state index contributed by atoms with van der Waals surface area (Å²) in [5.41, 5.74) is 0.765. The predicted molar refractivity (Wildman–Crippen MR) is 169 cm³/mol. The van der Waals surface area contributed by atoms with E-state index in [9.17, 15) is 47.4 Å². The third-order valence-electron chi connectivity index (χ3n) is 7.49. The molecule has 2 amide bonds. The minimum absolute atomic E-state index is 0.0161. The molecule has 1 aromatic rings. The molecule has 13 nitrogen and oxygen atoms in total. The zero-order valence-corrected chi connectivity index (χ0v) is 27.7. The molecule has 1 aromatic carbocycles. The Morgan fingerprint density at radius 1 is 0.870 bits per heavy atom. The van der Waals surface area contributed by atoms with Gasteiger partial charge in [-0.3, -0.25) is 28.8 Å². The summed E-state index contributed by atoms with van der Waals surface area (Å²) in [7, 11) is -3.62. The van der Waals surface area contributed by atoms with E-state index in [0.717, 1.165) is 23.3 Å². The first-order chi connectivity index (χ1) is 21.4. The number of aliphatic carboxylic acids is 2. The number of nitrogens with one attached hydrogen (secondary N) is 2. The van der Waals surface area contributed by atoms with Gasteiger partial charge in [0.1, 0.15) is 6.61 Å². The minimum Gasteiger partial charge on any atom is -0.481 e. The van der Waals surface area contributed by atoms with E-state index in [1.54, 1.807) is 52.0 Å². The predicted octanol–water partition coefficient (Wildman–Crippen LogP) is 2.88. The van der Waals surface area contributed by atoms with Crippen molar-refractivity contribution in [2.75, 3.05) is 6.26 Å². The molecule has 14 heteroatoms. The maximum absolute atomic E-state index is 13.6. The van der Waals surface area contributed by atoms with E-state index in [1.165, 1.54) is 0 Å². The molecule has 0 aliphatic rings. The van der Waals surface area contributed by atoms with Gasteiger partial charge in [-0.15, -0.1) is 0 Å². The molecule has 0 spiro atoms. The smallest absolute Gasteiger partial charge is 0.306 e. The Balaban J connectivity index is 3.14. The third-order valence-corrected chi connectivity index (χ3v) is 8.14. The quantitative estimate of drug-likeness (QED) is 0.140. The van der Waals surface area contributed by atoms with Crippen molar-refractivity contribution in [2.45, 2.75) is 84.9 Å². The van der Waals surface area contributed by atoms with E-state index in [2.05, 4.69) is 10.6 Å². The number of esters is 1. The number of hydrogen-bond donors (Lipinski definition) is 4. The van der Waals surface area contributed by atoms with Crippen molar-refractivity contribution in [2.24, 2.45) is 23.7 Å². The molecule has 0 aromatic heterocycles. The second-order valence-corrected chi connectivity index (χ2v) is 13.7. The molecule has 1 unspecified atom stereocenters. The van der Waals surface area contributed by atoms with Gasteiger partial charge in [-0.05, 0) is 23.8 Å². The number of ether oxygens (including phenoxy) is 1. The summed E-state index contributed by atoms with van der Waals surface area (Å²) in [6.07, 6.45) is 0.375. The van der Waals surface area contributed by atoms with Crippen molar-refractivity contribution in [3.63, 3.8) is 0 Å². The van der Waals surface area contributed by atoms with Crippen LogP contribution in [-0.2, 0) is 49.9 Å². The highest BCUT2D eigenvalue weighted by Gasteiger charge is 2.34. The van der Waals surface area contributed by atoms with Gasteiger partial charge in [0.25, 0.3) is 0 Å². The summed E-state index contributed by atoms with van der Waals surface area (Å²) in [5, 5.41) is 24.4. The van der Waals surface area contributed by atoms with Crippen LogP contribution in [0.25, 0.3) is 0 Å². The number of Topliss-reactive ketones (excluding diaryl/α,β-unsaturated/α-hetero) is 1. The van der Waals surface area contributed by atoms with Gasteiger partial charge in [0.2, 0.25) is 11.8 Å². The summed E-state index contributed by atoms with van der Waals surface area (Å²) in [5.74, 6) is -7.72. The highest BCUT2D eigenvalue weighted by molar-refractivity contribution is 7.93. The normalized spacial score (nSPS) is 14.9. The van der Waals surface area contributed by atoms with E-state index < -0.39 is 94.4 Å². The zero-order valence-electron chi connectivity index (χ0n) is 26.9. The van der Waals surface area contributed by atoms with Gasteiger partial charge in [-0.2, -0.15) is 0 Å². The average molecular weight is 667 g/mol. The molecule has 256 valence electrons. The van der Waals surface area contributed by atoms with Gasteiger partial charge < -0.3 is 25.6 Å². The number of rotatable bonds is 21. The van der Waals surface area contributed by atoms with Crippen molar-refractivity contribution < 1.29 is 52.1 Å². The number of carbonyl (C=O) groups is 6. The molecule has 0 saturated carbocycles. The van der Waals surface area contributed by atoms with Crippen molar-refractivity contribution in [3.8, 4) is 0 Å². The first-order valence-electron chi connectivity index (χ1n) is 15.1. The minimum atomic E-state index is -3.62. The van der Waals surface area contributed by atoms with Crippen LogP contribution < -0.4 is 10.6 Å². The molecule has 0 radical (unpaired) electrons. The van der Waals surface area contributed by atoms with Crippen LogP contribution in [0.3, 0.4) is 0 Å². The molecule has 0 fully saturated rings. The van der Waals surface area contributed by atoms with Gasteiger partial charge in [0.15, 0.2) is 15.6 Å². The highest BCUT2D eigenvalue weighted by Crippen LogP contribution is 2.23. The molecule has 4 N–H and O–H groups in total. The Morgan fingerprint density at radius 2 is 1.48 bits per heavy atom. The second kappa shape index (κ2) is 19.4. The number of sulfone groups is 1. The summed E-state index contributed by atoms with van der Waals surface area (Å²) in [4.78, 5) is 75.5.